The normalized spacial score (nSPS) is 11.0. The summed E-state index contributed by atoms with van der Waals surface area (Å²) < 4.78 is 10.3. The van der Waals surface area contributed by atoms with Crippen molar-refractivity contribution in [1.29, 1.82) is 0 Å². The average molecular weight is 391 g/mol. The first kappa shape index (κ1) is 20.7. The molecule has 1 amide bonds. The Balaban J connectivity index is 1.83. The van der Waals surface area contributed by atoms with Crippen molar-refractivity contribution >= 4 is 29.1 Å². The molecule has 0 unspecified atom stereocenters. The molecular formula is C19H26N4O3S. The number of alkyl carbamates (subject to hydrolysis) is 1. The Labute approximate surface area is 164 Å². The second-order valence-electron chi connectivity index (χ2n) is 6.94. The van der Waals surface area contributed by atoms with E-state index < -0.39 is 11.7 Å². The number of rotatable bonds is 7. The fourth-order valence-electron chi connectivity index (χ4n) is 2.35. The van der Waals surface area contributed by atoms with E-state index in [1.807, 2.05) is 45.2 Å². The second kappa shape index (κ2) is 9.36. The third-order valence-corrected chi connectivity index (χ3v) is 3.88. The van der Waals surface area contributed by atoms with Gasteiger partial charge in [-0.15, -0.1) is 0 Å². The number of amides is 1. The molecule has 0 saturated carbocycles. The third kappa shape index (κ3) is 6.90. The Kier molecular flexibility index (Phi) is 7.18. The van der Waals surface area contributed by atoms with Gasteiger partial charge >= 0.3 is 6.09 Å². The summed E-state index contributed by atoms with van der Waals surface area (Å²) in [5.74, 6) is 1.34. The molecule has 27 heavy (non-hydrogen) atoms. The summed E-state index contributed by atoms with van der Waals surface area (Å²) in [4.78, 5) is 19.7. The van der Waals surface area contributed by atoms with Crippen LogP contribution in [0.25, 0.3) is 0 Å². The van der Waals surface area contributed by atoms with E-state index in [4.69, 9.17) is 21.7 Å². The fraction of sp³-hybridized carbons (Fsp3) is 0.421. The highest BCUT2D eigenvalue weighted by Crippen LogP contribution is 2.15. The van der Waals surface area contributed by atoms with Crippen molar-refractivity contribution in [2.24, 2.45) is 0 Å². The number of methoxy groups -OCH3 is 1. The number of anilines is 1. The lowest BCUT2D eigenvalue weighted by Gasteiger charge is -2.19. The van der Waals surface area contributed by atoms with Gasteiger partial charge in [-0.1, -0.05) is 12.2 Å². The summed E-state index contributed by atoms with van der Waals surface area (Å²) in [5, 5.41) is 5.88. The molecule has 0 saturated heterocycles. The first-order valence-corrected chi connectivity index (χ1v) is 9.14. The molecule has 8 heteroatoms. The van der Waals surface area contributed by atoms with Gasteiger partial charge < -0.3 is 25.1 Å². The van der Waals surface area contributed by atoms with Crippen molar-refractivity contribution in [2.75, 3.05) is 19.0 Å². The molecule has 2 heterocycles. The van der Waals surface area contributed by atoms with Crippen molar-refractivity contribution < 1.29 is 14.3 Å². The number of H-pyrrole nitrogens is 1. The minimum Gasteiger partial charge on any atom is -0.495 e. The fourth-order valence-corrected chi connectivity index (χ4v) is 2.65. The molecular weight excluding hydrogens is 364 g/mol. The maximum atomic E-state index is 11.7. The summed E-state index contributed by atoms with van der Waals surface area (Å²) >= 11 is 5.49. The molecule has 2 aromatic rings. The zero-order valence-electron chi connectivity index (χ0n) is 16.1. The molecule has 3 N–H and O–H groups in total. The van der Waals surface area contributed by atoms with Crippen LogP contribution in [0.4, 0.5) is 10.6 Å². The number of pyridine rings is 1. The van der Waals surface area contributed by atoms with Crippen LogP contribution in [-0.2, 0) is 11.2 Å². The Morgan fingerprint density at radius 1 is 1.30 bits per heavy atom. The minimum atomic E-state index is -0.496. The third-order valence-electron chi connectivity index (χ3n) is 3.56. The Morgan fingerprint density at radius 2 is 2.07 bits per heavy atom. The van der Waals surface area contributed by atoms with Crippen LogP contribution in [0.1, 0.15) is 38.4 Å². The van der Waals surface area contributed by atoms with Gasteiger partial charge in [0.25, 0.3) is 0 Å². The van der Waals surface area contributed by atoms with E-state index in [9.17, 15) is 4.79 Å². The largest absolute Gasteiger partial charge is 0.495 e. The predicted molar refractivity (Wildman–Crippen MR) is 109 cm³/mol. The minimum absolute atomic E-state index is 0.406. The quantitative estimate of drug-likeness (QED) is 0.494. The highest BCUT2D eigenvalue weighted by molar-refractivity contribution is 7.81. The molecule has 2 aromatic heterocycles. The molecule has 146 valence electrons. The number of carbonyl (C=O) groups is 1. The van der Waals surface area contributed by atoms with Crippen LogP contribution in [0.2, 0.25) is 0 Å². The van der Waals surface area contributed by atoms with Crippen molar-refractivity contribution in [3.05, 3.63) is 41.9 Å². The Morgan fingerprint density at radius 3 is 2.70 bits per heavy atom. The zero-order chi connectivity index (χ0) is 19.9. The van der Waals surface area contributed by atoms with Crippen molar-refractivity contribution in [2.45, 2.75) is 39.2 Å². The van der Waals surface area contributed by atoms with Gasteiger partial charge in [0.05, 0.1) is 13.3 Å². The molecule has 0 fully saturated rings. The lowest BCUT2D eigenvalue weighted by atomic mass is 10.1. The van der Waals surface area contributed by atoms with E-state index >= 15 is 0 Å². The number of aromatic nitrogens is 2. The number of carbonyl (C=O) groups excluding carboxylic acids is 1. The molecule has 0 aliphatic carbocycles. The van der Waals surface area contributed by atoms with Gasteiger partial charge in [0.1, 0.15) is 22.2 Å². The van der Waals surface area contributed by atoms with E-state index in [2.05, 4.69) is 20.6 Å². The zero-order valence-corrected chi connectivity index (χ0v) is 16.9. The highest BCUT2D eigenvalue weighted by Gasteiger charge is 2.15. The van der Waals surface area contributed by atoms with E-state index in [0.717, 1.165) is 24.1 Å². The molecule has 0 aromatic carbocycles. The lowest BCUT2D eigenvalue weighted by Crippen LogP contribution is -2.33. The van der Waals surface area contributed by atoms with Gasteiger partial charge in [0, 0.05) is 24.0 Å². The highest BCUT2D eigenvalue weighted by atomic mass is 32.1. The monoisotopic (exact) mass is 390 g/mol. The maximum absolute atomic E-state index is 11.7. The maximum Gasteiger partial charge on any atom is 0.407 e. The first-order valence-electron chi connectivity index (χ1n) is 8.73. The van der Waals surface area contributed by atoms with Gasteiger partial charge in [0.15, 0.2) is 0 Å². The van der Waals surface area contributed by atoms with Gasteiger partial charge in [0.2, 0.25) is 0 Å². The molecule has 0 bridgehead atoms. The van der Waals surface area contributed by atoms with E-state index in [-0.39, 0.29) is 0 Å². The van der Waals surface area contributed by atoms with Gasteiger partial charge in [-0.2, -0.15) is 0 Å². The average Bonchev–Trinajstić information content (AvgIpc) is 3.06. The van der Waals surface area contributed by atoms with Crippen LogP contribution in [0, 0.1) is 0 Å². The van der Waals surface area contributed by atoms with E-state index in [0.29, 0.717) is 23.1 Å². The lowest BCUT2D eigenvalue weighted by molar-refractivity contribution is 0.0527. The summed E-state index contributed by atoms with van der Waals surface area (Å²) in [6.45, 7) is 6.03. The van der Waals surface area contributed by atoms with Crippen molar-refractivity contribution in [3.8, 4) is 5.75 Å². The van der Waals surface area contributed by atoms with Crippen LogP contribution >= 0.6 is 12.2 Å². The van der Waals surface area contributed by atoms with Crippen LogP contribution in [0.5, 0.6) is 5.75 Å². The number of hydrogen-bond acceptors (Lipinski definition) is 5. The molecule has 7 nitrogen and oxygen atoms in total. The number of aryl methyl sites for hydroxylation is 1. The summed E-state index contributed by atoms with van der Waals surface area (Å²) in [7, 11) is 1.60. The Hall–Kier alpha value is -2.61. The van der Waals surface area contributed by atoms with Crippen LogP contribution in [0.15, 0.2) is 30.6 Å². The second-order valence-corrected chi connectivity index (χ2v) is 7.35. The molecule has 0 spiro atoms. The summed E-state index contributed by atoms with van der Waals surface area (Å²) in [6.07, 6.45) is 4.58. The number of hydrogen-bond donors (Lipinski definition) is 3. The summed E-state index contributed by atoms with van der Waals surface area (Å²) in [6, 6.07) is 5.55. The van der Waals surface area contributed by atoms with E-state index in [1.165, 1.54) is 0 Å². The number of thiocarbonyl (C=S) groups is 1. The molecule has 0 radical (unpaired) electrons. The molecule has 0 atom stereocenters. The van der Waals surface area contributed by atoms with Gasteiger partial charge in [-0.3, -0.25) is 0 Å². The van der Waals surface area contributed by atoms with Crippen LogP contribution < -0.4 is 15.4 Å². The van der Waals surface area contributed by atoms with Crippen molar-refractivity contribution in [3.63, 3.8) is 0 Å². The van der Waals surface area contributed by atoms with Crippen molar-refractivity contribution in [1.82, 2.24) is 15.3 Å². The van der Waals surface area contributed by atoms with Gasteiger partial charge in [-0.25, -0.2) is 9.78 Å². The Bertz CT molecular complexity index is 766. The molecule has 2 rings (SSSR count). The molecule has 0 aliphatic rings. The SMILES string of the molecule is COc1ccc(NC(=S)c2cc[nH]c2CCCNC(=O)OC(C)(C)C)nc1. The first-order chi connectivity index (χ1) is 12.8. The van der Waals surface area contributed by atoms with Crippen LogP contribution in [0.3, 0.4) is 0 Å². The van der Waals surface area contributed by atoms with Gasteiger partial charge in [-0.05, 0) is 51.8 Å². The number of nitrogens with one attached hydrogen (secondary N) is 3. The smallest absolute Gasteiger partial charge is 0.407 e. The topological polar surface area (TPSA) is 88.3 Å². The predicted octanol–water partition coefficient (Wildman–Crippen LogP) is 3.66. The summed E-state index contributed by atoms with van der Waals surface area (Å²) in [5.41, 5.74) is 1.43. The van der Waals surface area contributed by atoms with Crippen LogP contribution in [-0.4, -0.2) is 40.3 Å². The number of ether oxygens (including phenoxy) is 2. The number of aromatic amines is 1. The van der Waals surface area contributed by atoms with E-state index in [1.54, 1.807) is 13.3 Å². The molecule has 0 aliphatic heterocycles. The number of nitrogens with zero attached hydrogens (tertiary/aromatic N) is 1. The standard InChI is InChI=1S/C19H26N4O3S/c1-19(2,3)26-18(24)21-10-5-6-15-14(9-11-20-15)17(27)23-16-8-7-13(25-4)12-22-16/h7-9,11-12,20H,5-6,10H2,1-4H3,(H,21,24)(H,22,23,27).